The van der Waals surface area contributed by atoms with Crippen LogP contribution < -0.4 is 5.32 Å². The lowest BCUT2D eigenvalue weighted by molar-refractivity contribution is 0.0624. The molecule has 23 heavy (non-hydrogen) atoms. The topological polar surface area (TPSA) is 35.6 Å². The first-order valence-electron chi connectivity index (χ1n) is 8.02. The number of amides is 1. The zero-order chi connectivity index (χ0) is 14.8. The Bertz CT molecular complexity index is 529. The molecule has 130 valence electrons. The standard InChI is InChI=1S/C17H25N3O.2ClH/c1-13(2)12-19-7-9-20(10-8-19)17(21)15-3-4-16-14(11-15)5-6-18-16;;/h3-4,11,13,18H,5-10,12H2,1-2H3;2*1H. The van der Waals surface area contributed by atoms with Crippen LogP contribution in [0.2, 0.25) is 0 Å². The first-order chi connectivity index (χ1) is 10.1. The smallest absolute Gasteiger partial charge is 0.253 e. The second-order valence-corrected chi connectivity index (χ2v) is 6.54. The maximum atomic E-state index is 12.6. The van der Waals surface area contributed by atoms with Gasteiger partial charge >= 0.3 is 0 Å². The minimum atomic E-state index is 0. The van der Waals surface area contributed by atoms with Crippen LogP contribution in [-0.2, 0) is 6.42 Å². The van der Waals surface area contributed by atoms with Crippen molar-refractivity contribution in [3.8, 4) is 0 Å². The molecule has 1 fully saturated rings. The fourth-order valence-corrected chi connectivity index (χ4v) is 3.27. The molecule has 0 saturated carbocycles. The van der Waals surface area contributed by atoms with Crippen molar-refractivity contribution in [3.63, 3.8) is 0 Å². The van der Waals surface area contributed by atoms with Crippen molar-refractivity contribution in [3.05, 3.63) is 29.3 Å². The molecule has 0 unspecified atom stereocenters. The van der Waals surface area contributed by atoms with Crippen molar-refractivity contribution in [2.45, 2.75) is 20.3 Å². The van der Waals surface area contributed by atoms with Crippen LogP contribution in [0.4, 0.5) is 5.69 Å². The van der Waals surface area contributed by atoms with Crippen LogP contribution in [0.5, 0.6) is 0 Å². The Morgan fingerprint density at radius 2 is 1.87 bits per heavy atom. The van der Waals surface area contributed by atoms with E-state index in [2.05, 4.69) is 30.1 Å². The zero-order valence-corrected chi connectivity index (χ0v) is 15.5. The fraction of sp³-hybridized carbons (Fsp3) is 0.588. The third-order valence-corrected chi connectivity index (χ3v) is 4.34. The van der Waals surface area contributed by atoms with Gasteiger partial charge in [-0.05, 0) is 36.1 Å². The van der Waals surface area contributed by atoms with Crippen molar-refractivity contribution in [1.82, 2.24) is 9.80 Å². The number of carbonyl (C=O) groups excluding carboxylic acids is 1. The van der Waals surface area contributed by atoms with Crippen molar-refractivity contribution in [1.29, 1.82) is 0 Å². The highest BCUT2D eigenvalue weighted by molar-refractivity contribution is 5.95. The van der Waals surface area contributed by atoms with Crippen LogP contribution in [0, 0.1) is 5.92 Å². The summed E-state index contributed by atoms with van der Waals surface area (Å²) < 4.78 is 0. The van der Waals surface area contributed by atoms with Crippen molar-refractivity contribution >= 4 is 36.4 Å². The number of rotatable bonds is 3. The number of nitrogens with one attached hydrogen (secondary N) is 1. The van der Waals surface area contributed by atoms with Gasteiger partial charge in [-0.2, -0.15) is 0 Å². The minimum absolute atomic E-state index is 0. The highest BCUT2D eigenvalue weighted by Gasteiger charge is 2.23. The van der Waals surface area contributed by atoms with E-state index in [1.807, 2.05) is 17.0 Å². The van der Waals surface area contributed by atoms with Crippen LogP contribution in [0.3, 0.4) is 0 Å². The first kappa shape index (κ1) is 20.1. The van der Waals surface area contributed by atoms with E-state index >= 15 is 0 Å². The lowest BCUT2D eigenvalue weighted by atomic mass is 10.1. The van der Waals surface area contributed by atoms with Gasteiger partial charge in [-0.15, -0.1) is 24.8 Å². The Balaban J connectivity index is 0.00000132. The lowest BCUT2D eigenvalue weighted by Crippen LogP contribution is -2.49. The van der Waals surface area contributed by atoms with E-state index in [1.165, 1.54) is 11.3 Å². The maximum Gasteiger partial charge on any atom is 0.253 e. The number of hydrogen-bond acceptors (Lipinski definition) is 3. The minimum Gasteiger partial charge on any atom is -0.384 e. The molecular formula is C17H27Cl2N3O. The molecule has 0 aromatic heterocycles. The quantitative estimate of drug-likeness (QED) is 0.900. The molecule has 1 saturated heterocycles. The van der Waals surface area contributed by atoms with E-state index in [-0.39, 0.29) is 30.7 Å². The molecule has 1 amide bonds. The summed E-state index contributed by atoms with van der Waals surface area (Å²) in [7, 11) is 0. The zero-order valence-electron chi connectivity index (χ0n) is 13.9. The van der Waals surface area contributed by atoms with Crippen molar-refractivity contribution in [2.75, 3.05) is 44.6 Å². The number of anilines is 1. The Morgan fingerprint density at radius 1 is 1.17 bits per heavy atom. The molecule has 2 aliphatic rings. The van der Waals surface area contributed by atoms with Gasteiger partial charge in [0.25, 0.3) is 5.91 Å². The van der Waals surface area contributed by atoms with E-state index in [9.17, 15) is 4.79 Å². The van der Waals surface area contributed by atoms with Gasteiger partial charge in [-0.25, -0.2) is 0 Å². The molecule has 3 rings (SSSR count). The van der Waals surface area contributed by atoms with E-state index in [1.54, 1.807) is 0 Å². The molecule has 4 nitrogen and oxygen atoms in total. The maximum absolute atomic E-state index is 12.6. The van der Waals surface area contributed by atoms with E-state index in [0.717, 1.165) is 51.3 Å². The summed E-state index contributed by atoms with van der Waals surface area (Å²) in [4.78, 5) is 17.1. The summed E-state index contributed by atoms with van der Waals surface area (Å²) >= 11 is 0. The second kappa shape index (κ2) is 8.76. The predicted molar refractivity (Wildman–Crippen MR) is 100 cm³/mol. The van der Waals surface area contributed by atoms with Gasteiger partial charge in [0, 0.05) is 50.5 Å². The molecule has 0 aliphatic carbocycles. The Hall–Kier alpha value is -0.970. The largest absolute Gasteiger partial charge is 0.384 e. The highest BCUT2D eigenvalue weighted by Crippen LogP contribution is 2.23. The van der Waals surface area contributed by atoms with Crippen LogP contribution in [0.1, 0.15) is 29.8 Å². The summed E-state index contributed by atoms with van der Waals surface area (Å²) in [5.74, 6) is 0.880. The normalized spacial score (nSPS) is 17.1. The predicted octanol–water partition coefficient (Wildman–Crippen LogP) is 2.91. The molecule has 0 atom stereocenters. The molecule has 2 aliphatic heterocycles. The average molecular weight is 360 g/mol. The Labute approximate surface area is 151 Å². The van der Waals surface area contributed by atoms with Gasteiger partial charge in [0.15, 0.2) is 0 Å². The second-order valence-electron chi connectivity index (χ2n) is 6.54. The number of fused-ring (bicyclic) bond motifs is 1. The average Bonchev–Trinajstić information content (AvgIpc) is 2.94. The molecule has 6 heteroatoms. The van der Waals surface area contributed by atoms with E-state index in [4.69, 9.17) is 0 Å². The van der Waals surface area contributed by atoms with Gasteiger partial charge < -0.3 is 10.2 Å². The van der Waals surface area contributed by atoms with E-state index < -0.39 is 0 Å². The van der Waals surface area contributed by atoms with Crippen LogP contribution in [0.15, 0.2) is 18.2 Å². The van der Waals surface area contributed by atoms with Gasteiger partial charge in [0.2, 0.25) is 0 Å². The summed E-state index contributed by atoms with van der Waals surface area (Å²) in [6.07, 6.45) is 1.03. The Morgan fingerprint density at radius 3 is 2.52 bits per heavy atom. The molecule has 1 aromatic rings. The number of nitrogens with zero attached hydrogens (tertiary/aromatic N) is 2. The number of carbonyl (C=O) groups is 1. The van der Waals surface area contributed by atoms with Gasteiger partial charge in [0.1, 0.15) is 0 Å². The summed E-state index contributed by atoms with van der Waals surface area (Å²) in [6, 6.07) is 6.07. The van der Waals surface area contributed by atoms with Crippen molar-refractivity contribution in [2.24, 2.45) is 5.92 Å². The van der Waals surface area contributed by atoms with Crippen LogP contribution in [0.25, 0.3) is 0 Å². The number of benzene rings is 1. The molecule has 0 bridgehead atoms. The molecule has 1 aromatic carbocycles. The molecule has 2 heterocycles. The lowest BCUT2D eigenvalue weighted by Gasteiger charge is -2.35. The molecule has 0 radical (unpaired) electrons. The Kier molecular flexibility index (Phi) is 7.65. The van der Waals surface area contributed by atoms with Crippen LogP contribution >= 0.6 is 24.8 Å². The van der Waals surface area contributed by atoms with Crippen molar-refractivity contribution < 1.29 is 4.79 Å². The molecule has 1 N–H and O–H groups in total. The van der Waals surface area contributed by atoms with Gasteiger partial charge in [-0.1, -0.05) is 13.8 Å². The summed E-state index contributed by atoms with van der Waals surface area (Å²) in [5, 5.41) is 3.34. The SMILES string of the molecule is CC(C)CN1CCN(C(=O)c2ccc3c(c2)CCN3)CC1.Cl.Cl. The third-order valence-electron chi connectivity index (χ3n) is 4.34. The highest BCUT2D eigenvalue weighted by atomic mass is 35.5. The molecular weight excluding hydrogens is 333 g/mol. The third kappa shape index (κ3) is 4.75. The van der Waals surface area contributed by atoms with Gasteiger partial charge in [-0.3, -0.25) is 9.69 Å². The number of piperazine rings is 1. The summed E-state index contributed by atoms with van der Waals surface area (Å²) in [5.41, 5.74) is 3.31. The molecule has 0 spiro atoms. The fourth-order valence-electron chi connectivity index (χ4n) is 3.27. The van der Waals surface area contributed by atoms with Crippen LogP contribution in [-0.4, -0.2) is 55.0 Å². The van der Waals surface area contributed by atoms with E-state index in [0.29, 0.717) is 5.92 Å². The van der Waals surface area contributed by atoms with Gasteiger partial charge in [0.05, 0.1) is 0 Å². The first-order valence-corrected chi connectivity index (χ1v) is 8.02. The number of halogens is 2. The summed E-state index contributed by atoms with van der Waals surface area (Å²) in [6.45, 7) is 10.3. The number of hydrogen-bond donors (Lipinski definition) is 1. The monoisotopic (exact) mass is 359 g/mol.